The fourth-order valence-electron chi connectivity index (χ4n) is 1.90. The summed E-state index contributed by atoms with van der Waals surface area (Å²) >= 11 is 0. The lowest BCUT2D eigenvalue weighted by Gasteiger charge is -2.08. The largest absolute Gasteiger partial charge is 0.493 e. The van der Waals surface area contributed by atoms with Crippen molar-refractivity contribution in [3.8, 4) is 23.3 Å². The van der Waals surface area contributed by atoms with E-state index in [0.717, 1.165) is 0 Å². The molecule has 0 N–H and O–H groups in total. The van der Waals surface area contributed by atoms with Gasteiger partial charge in [0, 0.05) is 16.7 Å². The first-order chi connectivity index (χ1) is 10.7. The third kappa shape index (κ3) is 3.64. The minimum atomic E-state index is -0.431. The molecule has 0 saturated heterocycles. The first kappa shape index (κ1) is 15.6. The summed E-state index contributed by atoms with van der Waals surface area (Å²) in [6, 6.07) is 9.15. The van der Waals surface area contributed by atoms with Crippen molar-refractivity contribution >= 4 is 6.29 Å². The number of carbonyl (C=O) groups is 1. The summed E-state index contributed by atoms with van der Waals surface area (Å²) in [6.07, 6.45) is 0.656. The highest BCUT2D eigenvalue weighted by Crippen LogP contribution is 2.27. The third-order valence-electron chi connectivity index (χ3n) is 2.95. The Balaban J connectivity index is 2.38. The Morgan fingerprint density at radius 1 is 1.14 bits per heavy atom. The quantitative estimate of drug-likeness (QED) is 0.640. The van der Waals surface area contributed by atoms with Gasteiger partial charge in [-0.3, -0.25) is 4.79 Å². The van der Waals surface area contributed by atoms with Gasteiger partial charge < -0.3 is 9.47 Å². The average molecular weight is 298 g/mol. The lowest BCUT2D eigenvalue weighted by Crippen LogP contribution is -1.95. The van der Waals surface area contributed by atoms with E-state index < -0.39 is 5.82 Å². The summed E-state index contributed by atoms with van der Waals surface area (Å²) in [4.78, 5) is 10.9. The van der Waals surface area contributed by atoms with Crippen LogP contribution in [0.2, 0.25) is 0 Å². The second-order valence-corrected chi connectivity index (χ2v) is 4.40. The van der Waals surface area contributed by atoms with Crippen LogP contribution in [-0.4, -0.2) is 20.0 Å². The molecule has 3 nitrogen and oxygen atoms in total. The number of ether oxygens (including phenoxy) is 2. The van der Waals surface area contributed by atoms with Crippen molar-refractivity contribution < 1.29 is 18.7 Å². The molecule has 0 aliphatic heterocycles. The Kier molecular flexibility index (Phi) is 5.16. The highest BCUT2D eigenvalue weighted by Gasteiger charge is 2.04. The van der Waals surface area contributed by atoms with E-state index in [1.54, 1.807) is 25.3 Å². The van der Waals surface area contributed by atoms with E-state index in [0.29, 0.717) is 41.1 Å². The van der Waals surface area contributed by atoms with Crippen molar-refractivity contribution in [2.45, 2.75) is 6.92 Å². The van der Waals surface area contributed by atoms with Crippen molar-refractivity contribution in [2.24, 2.45) is 0 Å². The van der Waals surface area contributed by atoms with E-state index in [1.165, 1.54) is 18.2 Å². The van der Waals surface area contributed by atoms with E-state index in [1.807, 2.05) is 6.92 Å². The maximum absolute atomic E-state index is 13.3. The highest BCUT2D eigenvalue weighted by atomic mass is 19.1. The van der Waals surface area contributed by atoms with Gasteiger partial charge in [-0.25, -0.2) is 4.39 Å². The molecule has 2 rings (SSSR count). The average Bonchev–Trinajstić information content (AvgIpc) is 2.53. The summed E-state index contributed by atoms with van der Waals surface area (Å²) in [5, 5.41) is 0. The van der Waals surface area contributed by atoms with Crippen LogP contribution in [-0.2, 0) is 0 Å². The summed E-state index contributed by atoms with van der Waals surface area (Å²) in [5.74, 6) is 6.49. The molecule has 4 heteroatoms. The standard InChI is InChI=1S/C18H15FO3/c1-3-22-18-10-13(5-9-17(18)21-2)4-6-14-11-16(19)8-7-15(14)12-20/h5,7-12H,3H2,1-2H3. The van der Waals surface area contributed by atoms with Gasteiger partial charge in [-0.15, -0.1) is 0 Å². The number of benzene rings is 2. The molecular weight excluding hydrogens is 283 g/mol. The first-order valence-electron chi connectivity index (χ1n) is 6.75. The molecule has 0 saturated carbocycles. The van der Waals surface area contributed by atoms with Crippen molar-refractivity contribution in [3.05, 3.63) is 58.9 Å². The molecule has 0 amide bonds. The maximum atomic E-state index is 13.3. The maximum Gasteiger partial charge on any atom is 0.162 e. The lowest BCUT2D eigenvalue weighted by molar-refractivity contribution is 0.112. The Hall–Kier alpha value is -2.80. The summed E-state index contributed by atoms with van der Waals surface area (Å²) in [5.41, 5.74) is 1.39. The molecule has 0 heterocycles. The zero-order valence-electron chi connectivity index (χ0n) is 12.4. The molecule has 0 spiro atoms. The molecule has 2 aromatic carbocycles. The van der Waals surface area contributed by atoms with Gasteiger partial charge in [-0.1, -0.05) is 11.8 Å². The minimum absolute atomic E-state index is 0.351. The van der Waals surface area contributed by atoms with E-state index in [2.05, 4.69) is 11.8 Å². The number of halogens is 1. The van der Waals surface area contributed by atoms with Gasteiger partial charge in [0.05, 0.1) is 13.7 Å². The van der Waals surface area contributed by atoms with Crippen molar-refractivity contribution in [2.75, 3.05) is 13.7 Å². The molecule has 112 valence electrons. The minimum Gasteiger partial charge on any atom is -0.493 e. The zero-order valence-corrected chi connectivity index (χ0v) is 12.4. The number of methoxy groups -OCH3 is 1. The smallest absolute Gasteiger partial charge is 0.162 e. The van der Waals surface area contributed by atoms with Gasteiger partial charge in [0.2, 0.25) is 0 Å². The third-order valence-corrected chi connectivity index (χ3v) is 2.95. The van der Waals surface area contributed by atoms with Crippen molar-refractivity contribution in [1.82, 2.24) is 0 Å². The zero-order chi connectivity index (χ0) is 15.9. The van der Waals surface area contributed by atoms with E-state index in [9.17, 15) is 9.18 Å². The Bertz CT molecular complexity index is 742. The van der Waals surface area contributed by atoms with Gasteiger partial charge in [0.25, 0.3) is 0 Å². The summed E-state index contributed by atoms with van der Waals surface area (Å²) in [6.45, 7) is 2.38. The molecule has 0 fully saturated rings. The van der Waals surface area contributed by atoms with Crippen LogP contribution in [0, 0.1) is 17.7 Å². The predicted molar refractivity (Wildman–Crippen MR) is 81.9 cm³/mol. The highest BCUT2D eigenvalue weighted by molar-refractivity contribution is 5.79. The molecule has 0 radical (unpaired) electrons. The molecule has 0 bridgehead atoms. The molecular formula is C18H15FO3. The fraction of sp³-hybridized carbons (Fsp3) is 0.167. The van der Waals surface area contributed by atoms with Gasteiger partial charge in [-0.05, 0) is 43.3 Å². The molecule has 2 aromatic rings. The van der Waals surface area contributed by atoms with Gasteiger partial charge >= 0.3 is 0 Å². The summed E-state index contributed by atoms with van der Waals surface area (Å²) < 4.78 is 23.9. The molecule has 22 heavy (non-hydrogen) atoms. The van der Waals surface area contributed by atoms with E-state index in [-0.39, 0.29) is 0 Å². The topological polar surface area (TPSA) is 35.5 Å². The van der Waals surface area contributed by atoms with Crippen LogP contribution < -0.4 is 9.47 Å². The normalized spacial score (nSPS) is 9.59. The van der Waals surface area contributed by atoms with Crippen molar-refractivity contribution in [3.63, 3.8) is 0 Å². The second kappa shape index (κ2) is 7.28. The number of hydrogen-bond donors (Lipinski definition) is 0. The molecule has 0 atom stereocenters. The van der Waals surface area contributed by atoms with Crippen LogP contribution in [0.5, 0.6) is 11.5 Å². The first-order valence-corrected chi connectivity index (χ1v) is 6.75. The molecule has 0 aliphatic carbocycles. The fourth-order valence-corrected chi connectivity index (χ4v) is 1.90. The van der Waals surface area contributed by atoms with Crippen LogP contribution in [0.4, 0.5) is 4.39 Å². The van der Waals surface area contributed by atoms with E-state index >= 15 is 0 Å². The van der Waals surface area contributed by atoms with Crippen LogP contribution >= 0.6 is 0 Å². The lowest BCUT2D eigenvalue weighted by atomic mass is 10.1. The Labute approximate surface area is 128 Å². The number of hydrogen-bond acceptors (Lipinski definition) is 3. The van der Waals surface area contributed by atoms with Crippen LogP contribution in [0.15, 0.2) is 36.4 Å². The Morgan fingerprint density at radius 2 is 1.95 bits per heavy atom. The van der Waals surface area contributed by atoms with Crippen LogP contribution in [0.3, 0.4) is 0 Å². The second-order valence-electron chi connectivity index (χ2n) is 4.40. The molecule has 0 unspecified atom stereocenters. The monoisotopic (exact) mass is 298 g/mol. The van der Waals surface area contributed by atoms with Crippen molar-refractivity contribution in [1.29, 1.82) is 0 Å². The summed E-state index contributed by atoms with van der Waals surface area (Å²) in [7, 11) is 1.56. The van der Waals surface area contributed by atoms with Gasteiger partial charge in [0.15, 0.2) is 17.8 Å². The predicted octanol–water partition coefficient (Wildman–Crippen LogP) is 3.45. The molecule has 0 aliphatic rings. The van der Waals surface area contributed by atoms with Crippen LogP contribution in [0.1, 0.15) is 28.4 Å². The van der Waals surface area contributed by atoms with Gasteiger partial charge in [0.1, 0.15) is 5.82 Å². The van der Waals surface area contributed by atoms with Crippen LogP contribution in [0.25, 0.3) is 0 Å². The Morgan fingerprint density at radius 3 is 2.64 bits per heavy atom. The number of rotatable bonds is 4. The SMILES string of the molecule is CCOc1cc(C#Cc2cc(F)ccc2C=O)ccc1OC. The number of carbonyl (C=O) groups excluding carboxylic acids is 1. The molecule has 0 aromatic heterocycles. The van der Waals surface area contributed by atoms with Gasteiger partial charge in [-0.2, -0.15) is 0 Å². The van der Waals surface area contributed by atoms with E-state index in [4.69, 9.17) is 9.47 Å². The number of aldehydes is 1.